The van der Waals surface area contributed by atoms with Gasteiger partial charge in [-0.25, -0.2) is 4.39 Å². The lowest BCUT2D eigenvalue weighted by atomic mass is 9.81. The van der Waals surface area contributed by atoms with E-state index in [2.05, 4.69) is 4.74 Å². The molecule has 0 aromatic heterocycles. The van der Waals surface area contributed by atoms with Crippen LogP contribution in [0.4, 0.5) is 17.6 Å². The second-order valence-electron chi connectivity index (χ2n) is 4.56. The van der Waals surface area contributed by atoms with Gasteiger partial charge in [-0.2, -0.15) is 5.26 Å². The molecule has 2 atom stereocenters. The predicted octanol–water partition coefficient (Wildman–Crippen LogP) is 3.42. The number of halogens is 4. The molecule has 0 fully saturated rings. The molecule has 0 heterocycles. The SMILES string of the molecule is N#CC1(F)C(c2ccccc2OC(F)(F)F)=CC=CC1[N+](=O)[O-]. The summed E-state index contributed by atoms with van der Waals surface area (Å²) in [4.78, 5) is 9.93. The lowest BCUT2D eigenvalue weighted by molar-refractivity contribution is -0.520. The Kier molecular flexibility index (Phi) is 4.10. The Morgan fingerprint density at radius 3 is 2.57 bits per heavy atom. The Morgan fingerprint density at radius 2 is 2.00 bits per heavy atom. The molecule has 9 heteroatoms. The highest BCUT2D eigenvalue weighted by Crippen LogP contribution is 2.42. The van der Waals surface area contributed by atoms with Gasteiger partial charge < -0.3 is 4.74 Å². The number of para-hydroxylation sites is 1. The Labute approximate surface area is 127 Å². The molecular weight excluding hydrogens is 320 g/mol. The number of nitrogens with zero attached hydrogens (tertiary/aromatic N) is 2. The van der Waals surface area contributed by atoms with Gasteiger partial charge in [-0.1, -0.05) is 30.4 Å². The van der Waals surface area contributed by atoms with Gasteiger partial charge >= 0.3 is 6.36 Å². The number of hydrogen-bond acceptors (Lipinski definition) is 4. The summed E-state index contributed by atoms with van der Waals surface area (Å²) in [7, 11) is 0. The van der Waals surface area contributed by atoms with Crippen molar-refractivity contribution in [2.24, 2.45) is 0 Å². The van der Waals surface area contributed by atoms with Crippen LogP contribution in [0.3, 0.4) is 0 Å². The highest BCUT2D eigenvalue weighted by atomic mass is 19.4. The van der Waals surface area contributed by atoms with Crippen molar-refractivity contribution in [1.29, 1.82) is 5.26 Å². The van der Waals surface area contributed by atoms with Crippen molar-refractivity contribution in [2.45, 2.75) is 18.1 Å². The van der Waals surface area contributed by atoms with Crippen LogP contribution in [0.1, 0.15) is 5.56 Å². The van der Waals surface area contributed by atoms with E-state index in [9.17, 15) is 27.7 Å². The average Bonchev–Trinajstić information content (AvgIpc) is 2.46. The predicted molar refractivity (Wildman–Crippen MR) is 70.5 cm³/mol. The summed E-state index contributed by atoms with van der Waals surface area (Å²) in [5.41, 5.74) is -4.07. The Bertz CT molecular complexity index is 736. The van der Waals surface area contributed by atoms with E-state index in [1.54, 1.807) is 0 Å². The highest BCUT2D eigenvalue weighted by molar-refractivity contribution is 5.81. The zero-order valence-corrected chi connectivity index (χ0v) is 11.2. The minimum Gasteiger partial charge on any atom is -0.405 e. The topological polar surface area (TPSA) is 76.2 Å². The Morgan fingerprint density at radius 1 is 1.35 bits per heavy atom. The minimum absolute atomic E-state index is 0.384. The van der Waals surface area contributed by atoms with Crippen LogP contribution in [-0.2, 0) is 0 Å². The van der Waals surface area contributed by atoms with Gasteiger partial charge in [0.05, 0.1) is 0 Å². The van der Waals surface area contributed by atoms with E-state index in [1.165, 1.54) is 18.2 Å². The average molecular weight is 328 g/mol. The van der Waals surface area contributed by atoms with E-state index in [0.29, 0.717) is 0 Å². The first-order chi connectivity index (χ1) is 10.7. The van der Waals surface area contributed by atoms with Gasteiger partial charge in [0, 0.05) is 16.1 Å². The number of nitro groups is 1. The minimum atomic E-state index is -5.03. The second-order valence-corrected chi connectivity index (χ2v) is 4.56. The molecule has 0 amide bonds. The monoisotopic (exact) mass is 328 g/mol. The van der Waals surface area contributed by atoms with E-state index >= 15 is 0 Å². The third-order valence-electron chi connectivity index (χ3n) is 3.15. The number of rotatable bonds is 3. The molecular formula is C14H8F4N2O3. The molecule has 0 saturated carbocycles. The lowest BCUT2D eigenvalue weighted by Gasteiger charge is -2.26. The van der Waals surface area contributed by atoms with Gasteiger partial charge in [0.1, 0.15) is 11.8 Å². The van der Waals surface area contributed by atoms with Crippen LogP contribution in [0.5, 0.6) is 5.75 Å². The van der Waals surface area contributed by atoms with Crippen molar-refractivity contribution in [1.82, 2.24) is 0 Å². The molecule has 0 radical (unpaired) electrons. The van der Waals surface area contributed by atoms with Crippen molar-refractivity contribution in [3.05, 3.63) is 58.2 Å². The summed E-state index contributed by atoms with van der Waals surface area (Å²) in [6.45, 7) is 0. The summed E-state index contributed by atoms with van der Waals surface area (Å²) in [6.07, 6.45) is -2.04. The first-order valence-electron chi connectivity index (χ1n) is 6.17. The number of alkyl halides is 4. The van der Waals surface area contributed by atoms with Crippen molar-refractivity contribution in [2.75, 3.05) is 0 Å². The molecule has 1 aliphatic carbocycles. The first-order valence-corrected chi connectivity index (χ1v) is 6.17. The van der Waals surface area contributed by atoms with Crippen LogP contribution in [0.15, 0.2) is 42.5 Å². The maximum absolute atomic E-state index is 14.9. The quantitative estimate of drug-likeness (QED) is 0.484. The molecule has 120 valence electrons. The molecule has 0 aliphatic heterocycles. The summed E-state index contributed by atoms with van der Waals surface area (Å²) in [6, 6.07) is 3.70. The molecule has 1 aromatic carbocycles. The molecule has 5 nitrogen and oxygen atoms in total. The maximum atomic E-state index is 14.9. The normalized spacial score (nSPS) is 23.8. The van der Waals surface area contributed by atoms with E-state index in [4.69, 9.17) is 5.26 Å². The van der Waals surface area contributed by atoms with Gasteiger partial charge in [0.25, 0.3) is 11.7 Å². The molecule has 2 rings (SSSR count). The van der Waals surface area contributed by atoms with E-state index < -0.39 is 34.3 Å². The fraction of sp³-hybridized carbons (Fsp3) is 0.214. The van der Waals surface area contributed by atoms with Crippen molar-refractivity contribution >= 4 is 5.57 Å². The molecule has 23 heavy (non-hydrogen) atoms. The van der Waals surface area contributed by atoms with Crippen LogP contribution < -0.4 is 4.74 Å². The van der Waals surface area contributed by atoms with Gasteiger partial charge in [-0.3, -0.25) is 10.1 Å². The molecule has 0 N–H and O–H groups in total. The van der Waals surface area contributed by atoms with Gasteiger partial charge in [-0.05, 0) is 12.1 Å². The van der Waals surface area contributed by atoms with Gasteiger partial charge in [0.2, 0.25) is 0 Å². The lowest BCUT2D eigenvalue weighted by Crippen LogP contribution is -2.43. The zero-order chi connectivity index (χ0) is 17.3. The van der Waals surface area contributed by atoms with E-state index in [0.717, 1.165) is 30.4 Å². The van der Waals surface area contributed by atoms with Crippen LogP contribution in [0.25, 0.3) is 5.57 Å². The number of nitriles is 1. The Balaban J connectivity index is 2.58. The first kappa shape index (κ1) is 16.5. The third-order valence-corrected chi connectivity index (χ3v) is 3.15. The molecule has 0 spiro atoms. The van der Waals surface area contributed by atoms with Crippen molar-refractivity contribution in [3.63, 3.8) is 0 Å². The fourth-order valence-electron chi connectivity index (χ4n) is 2.20. The maximum Gasteiger partial charge on any atom is 0.573 e. The summed E-state index contributed by atoms with van der Waals surface area (Å²) in [5, 5.41) is 20.0. The Hall–Kier alpha value is -2.89. The van der Waals surface area contributed by atoms with Gasteiger partial charge in [-0.15, -0.1) is 13.2 Å². The van der Waals surface area contributed by atoms with Crippen molar-refractivity contribution in [3.8, 4) is 11.8 Å². The fourth-order valence-corrected chi connectivity index (χ4v) is 2.20. The molecule has 2 unspecified atom stereocenters. The summed E-state index contributed by atoms with van der Waals surface area (Å²) < 4.78 is 56.1. The number of allylic oxidation sites excluding steroid dienone is 2. The van der Waals surface area contributed by atoms with Crippen LogP contribution in [0.2, 0.25) is 0 Å². The molecule has 0 bridgehead atoms. The number of benzene rings is 1. The zero-order valence-electron chi connectivity index (χ0n) is 11.2. The summed E-state index contributed by atoms with van der Waals surface area (Å²) in [5.74, 6) is -0.749. The van der Waals surface area contributed by atoms with E-state index in [-0.39, 0.29) is 5.56 Å². The standard InChI is InChI=1S/C14H8F4N2O3/c15-13(8-19)10(5-3-7-12(13)20(21)22)9-4-1-2-6-11(9)23-14(16,17)18/h1-7,12H. The second kappa shape index (κ2) is 5.72. The highest BCUT2D eigenvalue weighted by Gasteiger charge is 2.52. The van der Waals surface area contributed by atoms with Crippen molar-refractivity contribution < 1.29 is 27.2 Å². The largest absolute Gasteiger partial charge is 0.573 e. The van der Waals surface area contributed by atoms with E-state index in [1.807, 2.05) is 0 Å². The smallest absolute Gasteiger partial charge is 0.405 e. The number of ether oxygens (including phenoxy) is 1. The van der Waals surface area contributed by atoms with Gasteiger partial charge in [0.15, 0.2) is 0 Å². The van der Waals surface area contributed by atoms with Crippen LogP contribution in [-0.4, -0.2) is 23.0 Å². The van der Waals surface area contributed by atoms with Crippen LogP contribution in [0, 0.1) is 21.4 Å². The number of hydrogen-bond donors (Lipinski definition) is 0. The molecule has 1 aliphatic rings. The molecule has 1 aromatic rings. The summed E-state index contributed by atoms with van der Waals surface area (Å²) >= 11 is 0. The van der Waals surface area contributed by atoms with Crippen LogP contribution >= 0.6 is 0 Å². The molecule has 0 saturated heterocycles. The third kappa shape index (κ3) is 3.15.